The van der Waals surface area contributed by atoms with Crippen LogP contribution in [0.1, 0.15) is 28.9 Å². The van der Waals surface area contributed by atoms with E-state index < -0.39 is 0 Å². The molecule has 0 spiro atoms. The topological polar surface area (TPSA) is 88.7 Å². The van der Waals surface area contributed by atoms with Crippen LogP contribution in [0.25, 0.3) is 0 Å². The van der Waals surface area contributed by atoms with Gasteiger partial charge in [0.05, 0.1) is 19.7 Å². The average molecular weight is 537 g/mol. The predicted molar refractivity (Wildman–Crippen MR) is 125 cm³/mol. The standard InChI is InChI=1S/C19H22Cl2N4O2.HI/c1-12(16-8-5-14(20)11-17(16)21)25-19(22)24-10-9-23-18(26)13-3-6-15(27-2)7-4-13;/h3-8,11-12H,9-10H2,1-2H3,(H,23,26)(H3,22,24,25);1H. The summed E-state index contributed by atoms with van der Waals surface area (Å²) in [7, 11) is 1.58. The zero-order valence-electron chi connectivity index (χ0n) is 15.5. The van der Waals surface area contributed by atoms with E-state index in [2.05, 4.69) is 15.6 Å². The van der Waals surface area contributed by atoms with E-state index in [0.29, 0.717) is 34.4 Å². The monoisotopic (exact) mass is 536 g/mol. The molecule has 0 aromatic heterocycles. The summed E-state index contributed by atoms with van der Waals surface area (Å²) in [4.78, 5) is 16.3. The van der Waals surface area contributed by atoms with Gasteiger partial charge in [0.25, 0.3) is 5.91 Å². The molecular formula is C19H23Cl2IN4O2. The molecule has 0 heterocycles. The van der Waals surface area contributed by atoms with Crippen molar-refractivity contribution in [2.45, 2.75) is 13.0 Å². The second-order valence-corrected chi connectivity index (χ2v) is 6.63. The number of ether oxygens (including phenoxy) is 1. The maximum absolute atomic E-state index is 12.0. The highest BCUT2D eigenvalue weighted by atomic mass is 127. The molecule has 0 aliphatic heterocycles. The summed E-state index contributed by atoms with van der Waals surface area (Å²) in [6.45, 7) is 2.63. The Kier molecular flexibility index (Phi) is 10.4. The summed E-state index contributed by atoms with van der Waals surface area (Å²) in [6, 6.07) is 12.0. The Morgan fingerprint density at radius 2 is 1.89 bits per heavy atom. The highest BCUT2D eigenvalue weighted by Crippen LogP contribution is 2.25. The van der Waals surface area contributed by atoms with Gasteiger partial charge in [-0.1, -0.05) is 29.3 Å². The van der Waals surface area contributed by atoms with Crippen LogP contribution in [-0.4, -0.2) is 32.1 Å². The second-order valence-electron chi connectivity index (χ2n) is 5.78. The van der Waals surface area contributed by atoms with Gasteiger partial charge in [-0.3, -0.25) is 9.79 Å². The molecule has 2 aromatic carbocycles. The van der Waals surface area contributed by atoms with Crippen LogP contribution in [0.5, 0.6) is 5.75 Å². The molecule has 6 nitrogen and oxygen atoms in total. The van der Waals surface area contributed by atoms with Crippen LogP contribution in [0, 0.1) is 0 Å². The van der Waals surface area contributed by atoms with Crippen molar-refractivity contribution < 1.29 is 9.53 Å². The zero-order valence-corrected chi connectivity index (χ0v) is 19.4. The van der Waals surface area contributed by atoms with Gasteiger partial charge < -0.3 is 21.1 Å². The third kappa shape index (κ3) is 7.37. The number of methoxy groups -OCH3 is 1. The Morgan fingerprint density at radius 1 is 1.21 bits per heavy atom. The molecular weight excluding hydrogens is 514 g/mol. The number of aliphatic imine (C=N–C) groups is 1. The van der Waals surface area contributed by atoms with Crippen molar-refractivity contribution in [2.75, 3.05) is 20.2 Å². The Hall–Kier alpha value is -1.71. The minimum Gasteiger partial charge on any atom is -0.497 e. The summed E-state index contributed by atoms with van der Waals surface area (Å²) >= 11 is 12.1. The number of halogens is 3. The lowest BCUT2D eigenvalue weighted by Crippen LogP contribution is -2.35. The van der Waals surface area contributed by atoms with E-state index >= 15 is 0 Å². The number of nitrogens with one attached hydrogen (secondary N) is 2. The number of amides is 1. The number of nitrogens with zero attached hydrogens (tertiary/aromatic N) is 1. The van der Waals surface area contributed by atoms with Gasteiger partial charge >= 0.3 is 0 Å². The molecule has 0 bridgehead atoms. The third-order valence-corrected chi connectivity index (χ3v) is 4.39. The second kappa shape index (κ2) is 12.0. The number of carbonyl (C=O) groups excluding carboxylic acids is 1. The molecule has 0 aliphatic rings. The number of nitrogens with two attached hydrogens (primary N) is 1. The van der Waals surface area contributed by atoms with E-state index in [4.69, 9.17) is 33.7 Å². The Labute approximate surface area is 191 Å². The summed E-state index contributed by atoms with van der Waals surface area (Å²) in [5.41, 5.74) is 7.32. The molecule has 9 heteroatoms. The smallest absolute Gasteiger partial charge is 0.251 e. The van der Waals surface area contributed by atoms with Crippen LogP contribution in [0.4, 0.5) is 0 Å². The minimum absolute atomic E-state index is 0. The molecule has 1 unspecified atom stereocenters. The normalized spacial score (nSPS) is 11.9. The van der Waals surface area contributed by atoms with E-state index in [1.807, 2.05) is 13.0 Å². The Morgan fingerprint density at radius 3 is 2.50 bits per heavy atom. The Balaban J connectivity index is 0.00000392. The number of hydrogen-bond acceptors (Lipinski definition) is 3. The molecule has 0 saturated carbocycles. The number of guanidine groups is 1. The van der Waals surface area contributed by atoms with Gasteiger partial charge in [0.1, 0.15) is 5.75 Å². The number of hydrogen-bond donors (Lipinski definition) is 3. The quantitative estimate of drug-likeness (QED) is 0.216. The molecule has 0 saturated heterocycles. The highest BCUT2D eigenvalue weighted by Gasteiger charge is 2.10. The maximum Gasteiger partial charge on any atom is 0.251 e. The first-order chi connectivity index (χ1) is 12.9. The predicted octanol–water partition coefficient (Wildman–Crippen LogP) is 4.02. The summed E-state index contributed by atoms with van der Waals surface area (Å²) in [5, 5.41) is 6.98. The fraction of sp³-hybridized carbons (Fsp3) is 0.263. The lowest BCUT2D eigenvalue weighted by atomic mass is 10.1. The molecule has 0 radical (unpaired) electrons. The van der Waals surface area contributed by atoms with Crippen molar-refractivity contribution in [3.05, 3.63) is 63.6 Å². The molecule has 0 aliphatic carbocycles. The van der Waals surface area contributed by atoms with Crippen molar-refractivity contribution in [2.24, 2.45) is 10.7 Å². The van der Waals surface area contributed by atoms with Gasteiger partial charge in [-0.2, -0.15) is 0 Å². The Bertz CT molecular complexity index is 816. The average Bonchev–Trinajstić information content (AvgIpc) is 2.65. The fourth-order valence-electron chi connectivity index (χ4n) is 2.39. The third-order valence-electron chi connectivity index (χ3n) is 3.83. The first kappa shape index (κ1) is 24.3. The van der Waals surface area contributed by atoms with Gasteiger partial charge in [-0.25, -0.2) is 0 Å². The van der Waals surface area contributed by atoms with Crippen LogP contribution in [-0.2, 0) is 0 Å². The largest absolute Gasteiger partial charge is 0.497 e. The van der Waals surface area contributed by atoms with Crippen LogP contribution in [0.3, 0.4) is 0 Å². The number of carbonyl (C=O) groups is 1. The van der Waals surface area contributed by atoms with E-state index in [9.17, 15) is 4.79 Å². The lowest BCUT2D eigenvalue weighted by molar-refractivity contribution is 0.0955. The molecule has 0 fully saturated rings. The zero-order chi connectivity index (χ0) is 19.8. The van der Waals surface area contributed by atoms with E-state index in [1.54, 1.807) is 43.5 Å². The first-order valence-electron chi connectivity index (χ1n) is 8.34. The van der Waals surface area contributed by atoms with Gasteiger partial charge in [-0.05, 0) is 48.9 Å². The highest BCUT2D eigenvalue weighted by molar-refractivity contribution is 14.0. The summed E-state index contributed by atoms with van der Waals surface area (Å²) in [6.07, 6.45) is 0. The van der Waals surface area contributed by atoms with E-state index in [0.717, 1.165) is 5.56 Å². The van der Waals surface area contributed by atoms with E-state index in [-0.39, 0.29) is 41.9 Å². The molecule has 152 valence electrons. The van der Waals surface area contributed by atoms with Crippen molar-refractivity contribution in [1.82, 2.24) is 10.6 Å². The van der Waals surface area contributed by atoms with Gasteiger partial charge in [0.15, 0.2) is 5.96 Å². The number of rotatable bonds is 7. The van der Waals surface area contributed by atoms with Crippen molar-refractivity contribution in [1.29, 1.82) is 0 Å². The maximum atomic E-state index is 12.0. The van der Waals surface area contributed by atoms with Gasteiger partial charge in [-0.15, -0.1) is 24.0 Å². The molecule has 28 heavy (non-hydrogen) atoms. The lowest BCUT2D eigenvalue weighted by Gasteiger charge is -2.16. The first-order valence-corrected chi connectivity index (χ1v) is 9.10. The molecule has 2 aromatic rings. The number of benzene rings is 2. The molecule has 2 rings (SSSR count). The summed E-state index contributed by atoms with van der Waals surface area (Å²) in [5.74, 6) is 0.790. The summed E-state index contributed by atoms with van der Waals surface area (Å²) < 4.78 is 5.07. The van der Waals surface area contributed by atoms with E-state index in [1.165, 1.54) is 0 Å². The van der Waals surface area contributed by atoms with Gasteiger partial charge in [0, 0.05) is 22.2 Å². The molecule has 4 N–H and O–H groups in total. The van der Waals surface area contributed by atoms with Crippen molar-refractivity contribution >= 4 is 59.0 Å². The van der Waals surface area contributed by atoms with Crippen molar-refractivity contribution in [3.8, 4) is 5.75 Å². The van der Waals surface area contributed by atoms with Gasteiger partial charge in [0.2, 0.25) is 0 Å². The fourth-order valence-corrected chi connectivity index (χ4v) is 2.96. The molecule has 1 amide bonds. The SMILES string of the molecule is COc1ccc(C(=O)NCCN=C(N)NC(C)c2ccc(Cl)cc2Cl)cc1.I. The van der Waals surface area contributed by atoms with Crippen LogP contribution in [0.15, 0.2) is 47.5 Å². The molecule has 1 atom stereocenters. The van der Waals surface area contributed by atoms with Crippen molar-refractivity contribution in [3.63, 3.8) is 0 Å². The van der Waals surface area contributed by atoms with Crippen LogP contribution < -0.4 is 21.1 Å². The van der Waals surface area contributed by atoms with Crippen LogP contribution in [0.2, 0.25) is 10.0 Å². The van der Waals surface area contributed by atoms with Crippen LogP contribution >= 0.6 is 47.2 Å². The minimum atomic E-state index is -0.180.